The summed E-state index contributed by atoms with van der Waals surface area (Å²) in [5.74, 6) is 1.46. The Morgan fingerprint density at radius 1 is 1.06 bits per heavy atom. The van der Waals surface area contributed by atoms with Gasteiger partial charge in [0.25, 0.3) is 5.56 Å². The zero-order valence-electron chi connectivity index (χ0n) is 18.2. The second-order valence-electron chi connectivity index (χ2n) is 7.61. The van der Waals surface area contributed by atoms with E-state index in [1.807, 2.05) is 43.3 Å². The largest absolute Gasteiger partial charge is 0.490 e. The first-order valence-corrected chi connectivity index (χ1v) is 10.8. The van der Waals surface area contributed by atoms with Gasteiger partial charge < -0.3 is 14.0 Å². The van der Waals surface area contributed by atoms with E-state index in [1.54, 1.807) is 23.1 Å². The predicted molar refractivity (Wildman–Crippen MR) is 120 cm³/mol. The molecular formula is C23H28N4O4. The van der Waals surface area contributed by atoms with Gasteiger partial charge in [0, 0.05) is 33.0 Å². The van der Waals surface area contributed by atoms with E-state index in [4.69, 9.17) is 9.47 Å². The molecule has 8 nitrogen and oxygen atoms in total. The molecular weight excluding hydrogens is 396 g/mol. The lowest BCUT2D eigenvalue weighted by Crippen LogP contribution is -2.39. The molecule has 0 radical (unpaired) electrons. The van der Waals surface area contributed by atoms with Crippen LogP contribution in [0, 0.1) is 0 Å². The molecule has 1 aliphatic rings. The van der Waals surface area contributed by atoms with Gasteiger partial charge in [-0.25, -0.2) is 9.78 Å². The molecule has 1 aromatic carbocycles. The molecule has 3 aromatic rings. The molecule has 0 saturated carbocycles. The van der Waals surface area contributed by atoms with Crippen molar-refractivity contribution >= 4 is 23.3 Å². The van der Waals surface area contributed by atoms with Gasteiger partial charge in [-0.1, -0.05) is 18.2 Å². The summed E-state index contributed by atoms with van der Waals surface area (Å²) in [6, 6.07) is 7.89. The molecule has 164 valence electrons. The van der Waals surface area contributed by atoms with Crippen LogP contribution in [0.3, 0.4) is 0 Å². The maximum Gasteiger partial charge on any atom is 0.332 e. The van der Waals surface area contributed by atoms with Gasteiger partial charge in [-0.3, -0.25) is 13.9 Å². The fourth-order valence-corrected chi connectivity index (χ4v) is 3.91. The Morgan fingerprint density at radius 2 is 1.74 bits per heavy atom. The summed E-state index contributed by atoms with van der Waals surface area (Å²) in [5, 5.41) is 0. The minimum absolute atomic E-state index is 0.207. The summed E-state index contributed by atoms with van der Waals surface area (Å²) in [4.78, 5) is 30.0. The normalized spacial score (nSPS) is 15.2. The van der Waals surface area contributed by atoms with Crippen LogP contribution in [0.1, 0.15) is 38.1 Å². The maximum atomic E-state index is 12.8. The van der Waals surface area contributed by atoms with Crippen LogP contribution in [0.25, 0.3) is 23.3 Å². The van der Waals surface area contributed by atoms with Gasteiger partial charge in [-0.15, -0.1) is 0 Å². The molecule has 1 saturated heterocycles. The van der Waals surface area contributed by atoms with Crippen molar-refractivity contribution < 1.29 is 9.47 Å². The van der Waals surface area contributed by atoms with Crippen molar-refractivity contribution in [3.63, 3.8) is 0 Å². The number of imidazole rings is 1. The lowest BCUT2D eigenvalue weighted by Gasteiger charge is -2.23. The molecule has 8 heteroatoms. The van der Waals surface area contributed by atoms with Crippen LogP contribution < -0.4 is 16.0 Å². The van der Waals surface area contributed by atoms with Crippen molar-refractivity contribution in [1.29, 1.82) is 0 Å². The van der Waals surface area contributed by atoms with Crippen molar-refractivity contribution in [1.82, 2.24) is 18.7 Å². The second kappa shape index (κ2) is 8.93. The zero-order chi connectivity index (χ0) is 22.0. The van der Waals surface area contributed by atoms with E-state index in [0.717, 1.165) is 37.4 Å². The summed E-state index contributed by atoms with van der Waals surface area (Å²) in [5.41, 5.74) is 1.21. The van der Waals surface area contributed by atoms with Crippen molar-refractivity contribution in [2.75, 3.05) is 13.2 Å². The first-order chi connectivity index (χ1) is 15.0. The molecule has 2 aromatic heterocycles. The number of aromatic nitrogens is 4. The lowest BCUT2D eigenvalue weighted by molar-refractivity contribution is 0.0256. The number of fused-ring (bicyclic) bond motifs is 1. The van der Waals surface area contributed by atoms with Crippen molar-refractivity contribution in [3.8, 4) is 5.75 Å². The molecule has 0 N–H and O–H groups in total. The standard InChI is InChI=1S/C23H28N4O4/c1-4-26-21-20(22(28)27(5-2)23(26)29)25(3)19(24-21)11-8-16-6-9-17(10-7-16)31-18-12-14-30-15-13-18/h6-11,18H,4-5,12-15H2,1-3H3/b11-8+. The topological polar surface area (TPSA) is 80.3 Å². The number of benzene rings is 1. The highest BCUT2D eigenvalue weighted by Gasteiger charge is 2.18. The number of hydrogen-bond donors (Lipinski definition) is 0. The Hall–Kier alpha value is -3.13. The fourth-order valence-electron chi connectivity index (χ4n) is 3.91. The number of nitrogens with zero attached hydrogens (tertiary/aromatic N) is 4. The third kappa shape index (κ3) is 4.07. The minimum Gasteiger partial charge on any atom is -0.490 e. The first-order valence-electron chi connectivity index (χ1n) is 10.8. The molecule has 0 unspecified atom stereocenters. The van der Waals surface area contributed by atoms with Gasteiger partial charge in [0.1, 0.15) is 17.7 Å². The molecule has 1 fully saturated rings. The molecule has 0 atom stereocenters. The van der Waals surface area contributed by atoms with E-state index < -0.39 is 0 Å². The average molecular weight is 425 g/mol. The fraction of sp³-hybridized carbons (Fsp3) is 0.435. The third-order valence-electron chi connectivity index (χ3n) is 5.69. The molecule has 0 bridgehead atoms. The number of hydrogen-bond acceptors (Lipinski definition) is 5. The Balaban J connectivity index is 1.61. The highest BCUT2D eigenvalue weighted by molar-refractivity contribution is 5.76. The lowest BCUT2D eigenvalue weighted by atomic mass is 10.1. The molecule has 0 aliphatic carbocycles. The molecule has 1 aliphatic heterocycles. The smallest absolute Gasteiger partial charge is 0.332 e. The van der Waals surface area contributed by atoms with Gasteiger partial charge in [-0.05, 0) is 37.6 Å². The SMILES string of the molecule is CCn1c(=O)c2c(nc(/C=C/c3ccc(OC4CCOCC4)cc3)n2C)n(CC)c1=O. The first kappa shape index (κ1) is 21.1. The van der Waals surface area contributed by atoms with Crippen molar-refractivity contribution in [2.24, 2.45) is 7.05 Å². The second-order valence-corrected chi connectivity index (χ2v) is 7.61. The Kier molecular flexibility index (Phi) is 6.08. The van der Waals surface area contributed by atoms with E-state index in [1.165, 1.54) is 4.57 Å². The average Bonchev–Trinajstić information content (AvgIpc) is 3.11. The molecule has 4 rings (SSSR count). The van der Waals surface area contributed by atoms with E-state index >= 15 is 0 Å². The monoisotopic (exact) mass is 424 g/mol. The maximum absolute atomic E-state index is 12.8. The number of ether oxygens (including phenoxy) is 2. The van der Waals surface area contributed by atoms with E-state index in [9.17, 15) is 9.59 Å². The van der Waals surface area contributed by atoms with E-state index in [0.29, 0.717) is 30.1 Å². The van der Waals surface area contributed by atoms with Gasteiger partial charge in [0.15, 0.2) is 11.2 Å². The number of aryl methyl sites for hydroxylation is 2. The van der Waals surface area contributed by atoms with Gasteiger partial charge in [0.05, 0.1) is 13.2 Å². The molecule has 0 amide bonds. The van der Waals surface area contributed by atoms with Gasteiger partial charge >= 0.3 is 5.69 Å². The van der Waals surface area contributed by atoms with Crippen LogP contribution in [-0.4, -0.2) is 38.0 Å². The summed E-state index contributed by atoms with van der Waals surface area (Å²) in [6.45, 7) is 5.94. The summed E-state index contributed by atoms with van der Waals surface area (Å²) in [7, 11) is 1.80. The highest BCUT2D eigenvalue weighted by Crippen LogP contribution is 2.20. The Labute approximate surface area is 180 Å². The summed E-state index contributed by atoms with van der Waals surface area (Å²) >= 11 is 0. The third-order valence-corrected chi connectivity index (χ3v) is 5.69. The molecule has 31 heavy (non-hydrogen) atoms. The molecule has 3 heterocycles. The minimum atomic E-state index is -0.323. The van der Waals surface area contributed by atoms with Crippen molar-refractivity contribution in [3.05, 3.63) is 56.5 Å². The van der Waals surface area contributed by atoms with Crippen LogP contribution in [0.5, 0.6) is 5.75 Å². The van der Waals surface area contributed by atoms with Crippen LogP contribution in [0.2, 0.25) is 0 Å². The molecule has 0 spiro atoms. The van der Waals surface area contributed by atoms with Gasteiger partial charge in [0.2, 0.25) is 0 Å². The zero-order valence-corrected chi connectivity index (χ0v) is 18.2. The van der Waals surface area contributed by atoms with Crippen LogP contribution in [0.4, 0.5) is 0 Å². The Bertz CT molecular complexity index is 1210. The number of rotatable bonds is 6. The summed E-state index contributed by atoms with van der Waals surface area (Å²) < 4.78 is 15.9. The van der Waals surface area contributed by atoms with Crippen LogP contribution >= 0.6 is 0 Å². The Morgan fingerprint density at radius 3 is 2.39 bits per heavy atom. The van der Waals surface area contributed by atoms with Crippen molar-refractivity contribution in [2.45, 2.75) is 45.9 Å². The van der Waals surface area contributed by atoms with Crippen LogP contribution in [0.15, 0.2) is 33.9 Å². The quantitative estimate of drug-likeness (QED) is 0.608. The van der Waals surface area contributed by atoms with E-state index in [2.05, 4.69) is 4.98 Å². The summed E-state index contributed by atoms with van der Waals surface area (Å²) in [6.07, 6.45) is 5.83. The predicted octanol–water partition coefficient (Wildman–Crippen LogP) is 2.66. The van der Waals surface area contributed by atoms with Gasteiger partial charge in [-0.2, -0.15) is 0 Å². The van der Waals surface area contributed by atoms with E-state index in [-0.39, 0.29) is 17.4 Å². The highest BCUT2D eigenvalue weighted by atomic mass is 16.5. The van der Waals surface area contributed by atoms with Crippen LogP contribution in [-0.2, 0) is 24.9 Å².